The van der Waals surface area contributed by atoms with Gasteiger partial charge in [-0.05, 0) is 25.9 Å². The predicted molar refractivity (Wildman–Crippen MR) is 60.0 cm³/mol. The number of rotatable bonds is 6. The van der Waals surface area contributed by atoms with Gasteiger partial charge in [-0.2, -0.15) is 0 Å². The molecule has 1 atom stereocenters. The molecular formula is C11H22N2O2. The molecule has 1 heterocycles. The van der Waals surface area contributed by atoms with E-state index in [1.54, 1.807) is 0 Å². The van der Waals surface area contributed by atoms with E-state index in [1.807, 2.05) is 0 Å². The van der Waals surface area contributed by atoms with Crippen LogP contribution >= 0.6 is 0 Å². The van der Waals surface area contributed by atoms with Crippen LogP contribution in [0.5, 0.6) is 0 Å². The SMILES string of the molecule is CCN(CCC(=O)O)CC1CCCCN1. The van der Waals surface area contributed by atoms with Crippen molar-refractivity contribution in [1.82, 2.24) is 10.2 Å². The van der Waals surface area contributed by atoms with Gasteiger partial charge < -0.3 is 15.3 Å². The Bertz CT molecular complexity index is 191. The minimum Gasteiger partial charge on any atom is -0.481 e. The van der Waals surface area contributed by atoms with Crippen molar-refractivity contribution >= 4 is 5.97 Å². The number of carbonyl (C=O) groups is 1. The third-order valence-corrected chi connectivity index (χ3v) is 2.98. The lowest BCUT2D eigenvalue weighted by Crippen LogP contribution is -2.44. The molecule has 4 nitrogen and oxygen atoms in total. The van der Waals surface area contributed by atoms with Gasteiger partial charge in [0.25, 0.3) is 0 Å². The summed E-state index contributed by atoms with van der Waals surface area (Å²) in [5.41, 5.74) is 0. The van der Waals surface area contributed by atoms with Gasteiger partial charge in [0.1, 0.15) is 0 Å². The minimum absolute atomic E-state index is 0.251. The molecule has 0 saturated carbocycles. The Balaban J connectivity index is 2.22. The van der Waals surface area contributed by atoms with E-state index in [0.29, 0.717) is 12.6 Å². The molecule has 0 radical (unpaired) electrons. The lowest BCUT2D eigenvalue weighted by atomic mass is 10.0. The number of hydrogen-bond donors (Lipinski definition) is 2. The van der Waals surface area contributed by atoms with Gasteiger partial charge in [-0.15, -0.1) is 0 Å². The largest absolute Gasteiger partial charge is 0.481 e. The van der Waals surface area contributed by atoms with E-state index in [4.69, 9.17) is 5.11 Å². The van der Waals surface area contributed by atoms with Gasteiger partial charge in [-0.1, -0.05) is 13.3 Å². The van der Waals surface area contributed by atoms with E-state index >= 15 is 0 Å². The summed E-state index contributed by atoms with van der Waals surface area (Å²) in [6.07, 6.45) is 4.05. The van der Waals surface area contributed by atoms with E-state index in [2.05, 4.69) is 17.1 Å². The topological polar surface area (TPSA) is 52.6 Å². The van der Waals surface area contributed by atoms with Crippen LogP contribution in [0, 0.1) is 0 Å². The lowest BCUT2D eigenvalue weighted by molar-refractivity contribution is -0.137. The van der Waals surface area contributed by atoms with Crippen molar-refractivity contribution in [2.24, 2.45) is 0 Å². The molecule has 1 aliphatic heterocycles. The van der Waals surface area contributed by atoms with Crippen LogP contribution in [-0.2, 0) is 4.79 Å². The summed E-state index contributed by atoms with van der Waals surface area (Å²) in [6, 6.07) is 0.562. The monoisotopic (exact) mass is 214 g/mol. The second-order valence-electron chi connectivity index (χ2n) is 4.18. The summed E-state index contributed by atoms with van der Waals surface area (Å²) >= 11 is 0. The first-order valence-corrected chi connectivity index (χ1v) is 5.90. The summed E-state index contributed by atoms with van der Waals surface area (Å²) in [6.45, 7) is 5.80. The first-order chi connectivity index (χ1) is 7.22. The molecule has 1 aliphatic rings. The molecule has 1 unspecified atom stereocenters. The Morgan fingerprint density at radius 2 is 2.33 bits per heavy atom. The first-order valence-electron chi connectivity index (χ1n) is 5.90. The fourth-order valence-electron chi connectivity index (χ4n) is 2.02. The average Bonchev–Trinajstić information content (AvgIpc) is 2.25. The molecule has 0 spiro atoms. The lowest BCUT2D eigenvalue weighted by Gasteiger charge is -2.29. The van der Waals surface area contributed by atoms with Crippen molar-refractivity contribution in [2.45, 2.75) is 38.6 Å². The summed E-state index contributed by atoms with van der Waals surface area (Å²) < 4.78 is 0. The van der Waals surface area contributed by atoms with Gasteiger partial charge in [0.15, 0.2) is 0 Å². The molecule has 0 aromatic carbocycles. The van der Waals surface area contributed by atoms with Crippen molar-refractivity contribution in [1.29, 1.82) is 0 Å². The van der Waals surface area contributed by atoms with Crippen molar-refractivity contribution in [3.63, 3.8) is 0 Å². The van der Waals surface area contributed by atoms with Crippen LogP contribution < -0.4 is 5.32 Å². The fraction of sp³-hybridized carbons (Fsp3) is 0.909. The summed E-state index contributed by atoms with van der Waals surface area (Å²) in [5.74, 6) is -0.704. The quantitative estimate of drug-likeness (QED) is 0.690. The van der Waals surface area contributed by atoms with Crippen LogP contribution in [0.4, 0.5) is 0 Å². The molecule has 0 amide bonds. The number of nitrogens with zero attached hydrogens (tertiary/aromatic N) is 1. The van der Waals surface area contributed by atoms with Gasteiger partial charge in [-0.3, -0.25) is 4.79 Å². The molecule has 0 aliphatic carbocycles. The second-order valence-corrected chi connectivity index (χ2v) is 4.18. The van der Waals surface area contributed by atoms with E-state index < -0.39 is 5.97 Å². The number of aliphatic carboxylic acids is 1. The zero-order valence-electron chi connectivity index (χ0n) is 9.54. The maximum atomic E-state index is 10.5. The molecule has 0 bridgehead atoms. The van der Waals surface area contributed by atoms with E-state index in [0.717, 1.165) is 19.6 Å². The van der Waals surface area contributed by atoms with Gasteiger partial charge in [0.05, 0.1) is 6.42 Å². The molecule has 1 fully saturated rings. The third-order valence-electron chi connectivity index (χ3n) is 2.98. The number of carboxylic acids is 1. The van der Waals surface area contributed by atoms with Crippen LogP contribution in [0.25, 0.3) is 0 Å². The molecule has 15 heavy (non-hydrogen) atoms. The van der Waals surface area contributed by atoms with E-state index in [1.165, 1.54) is 19.3 Å². The van der Waals surface area contributed by atoms with E-state index in [9.17, 15) is 4.79 Å². The van der Waals surface area contributed by atoms with Crippen LogP contribution in [0.3, 0.4) is 0 Å². The molecule has 1 saturated heterocycles. The summed E-state index contributed by atoms with van der Waals surface area (Å²) in [7, 11) is 0. The second kappa shape index (κ2) is 6.80. The highest BCUT2D eigenvalue weighted by molar-refractivity contribution is 5.66. The third kappa shape index (κ3) is 5.14. The number of likely N-dealkylation sites (N-methyl/N-ethyl adjacent to an activating group) is 1. The van der Waals surface area contributed by atoms with Crippen molar-refractivity contribution in [2.75, 3.05) is 26.2 Å². The summed E-state index contributed by atoms with van der Waals surface area (Å²) in [4.78, 5) is 12.7. The summed E-state index contributed by atoms with van der Waals surface area (Å²) in [5, 5.41) is 12.1. The standard InChI is InChI=1S/C11H22N2O2/c1-2-13(8-6-11(14)15)9-10-5-3-4-7-12-10/h10,12H,2-9H2,1H3,(H,14,15). The predicted octanol–water partition coefficient (Wildman–Crippen LogP) is 0.925. The van der Waals surface area contributed by atoms with Crippen molar-refractivity contribution < 1.29 is 9.90 Å². The van der Waals surface area contributed by atoms with Gasteiger partial charge in [-0.25, -0.2) is 0 Å². The molecule has 0 aromatic rings. The Morgan fingerprint density at radius 3 is 2.87 bits per heavy atom. The number of piperidine rings is 1. The molecule has 1 rings (SSSR count). The number of carboxylic acid groups (broad SMARTS) is 1. The normalized spacial score (nSPS) is 21.9. The first kappa shape index (κ1) is 12.5. The van der Waals surface area contributed by atoms with Crippen LogP contribution in [0.2, 0.25) is 0 Å². The van der Waals surface area contributed by atoms with Crippen molar-refractivity contribution in [3.8, 4) is 0 Å². The molecule has 2 N–H and O–H groups in total. The van der Waals surface area contributed by atoms with Crippen molar-refractivity contribution in [3.05, 3.63) is 0 Å². The maximum absolute atomic E-state index is 10.5. The highest BCUT2D eigenvalue weighted by Gasteiger charge is 2.15. The maximum Gasteiger partial charge on any atom is 0.304 e. The highest BCUT2D eigenvalue weighted by atomic mass is 16.4. The average molecular weight is 214 g/mol. The zero-order valence-corrected chi connectivity index (χ0v) is 9.54. The van der Waals surface area contributed by atoms with Crippen LogP contribution in [-0.4, -0.2) is 48.2 Å². The highest BCUT2D eigenvalue weighted by Crippen LogP contribution is 2.08. The van der Waals surface area contributed by atoms with Crippen LogP contribution in [0.1, 0.15) is 32.6 Å². The Labute approximate surface area is 91.6 Å². The Hall–Kier alpha value is -0.610. The molecule has 4 heteroatoms. The minimum atomic E-state index is -0.704. The molecule has 0 aromatic heterocycles. The van der Waals surface area contributed by atoms with Gasteiger partial charge >= 0.3 is 5.97 Å². The molecular weight excluding hydrogens is 192 g/mol. The number of hydrogen-bond acceptors (Lipinski definition) is 3. The number of nitrogens with one attached hydrogen (secondary N) is 1. The van der Waals surface area contributed by atoms with Crippen LogP contribution in [0.15, 0.2) is 0 Å². The smallest absolute Gasteiger partial charge is 0.304 e. The zero-order chi connectivity index (χ0) is 11.1. The van der Waals surface area contributed by atoms with Gasteiger partial charge in [0.2, 0.25) is 0 Å². The Morgan fingerprint density at radius 1 is 1.53 bits per heavy atom. The van der Waals surface area contributed by atoms with Gasteiger partial charge in [0, 0.05) is 19.1 Å². The fourth-order valence-corrected chi connectivity index (χ4v) is 2.02. The Kier molecular flexibility index (Phi) is 5.65. The van der Waals surface area contributed by atoms with E-state index in [-0.39, 0.29) is 6.42 Å². The molecule has 88 valence electrons.